The number of likely N-dealkylation sites (tertiary alicyclic amines) is 1. The summed E-state index contributed by atoms with van der Waals surface area (Å²) in [5.74, 6) is 0.938. The van der Waals surface area contributed by atoms with Crippen molar-refractivity contribution in [2.75, 3.05) is 32.7 Å². The highest BCUT2D eigenvalue weighted by atomic mass is 35.5. The van der Waals surface area contributed by atoms with Crippen molar-refractivity contribution in [3.8, 4) is 0 Å². The maximum atomic E-state index is 6.03. The average molecular weight is 351 g/mol. The molecule has 4 nitrogen and oxygen atoms in total. The van der Waals surface area contributed by atoms with Crippen molar-refractivity contribution in [2.24, 2.45) is 4.99 Å². The van der Waals surface area contributed by atoms with Gasteiger partial charge in [-0.05, 0) is 56.8 Å². The third kappa shape index (κ3) is 6.70. The summed E-state index contributed by atoms with van der Waals surface area (Å²) in [4.78, 5) is 7.28. The molecule has 1 heterocycles. The minimum Gasteiger partial charge on any atom is -0.357 e. The van der Waals surface area contributed by atoms with Gasteiger partial charge in [-0.2, -0.15) is 0 Å². The van der Waals surface area contributed by atoms with Gasteiger partial charge in [-0.3, -0.25) is 4.99 Å². The highest BCUT2D eigenvalue weighted by molar-refractivity contribution is 6.30. The van der Waals surface area contributed by atoms with Crippen molar-refractivity contribution in [1.29, 1.82) is 0 Å². The Bertz CT molecular complexity index is 510. The minimum atomic E-state index is 0.530. The van der Waals surface area contributed by atoms with E-state index in [1.807, 2.05) is 18.2 Å². The van der Waals surface area contributed by atoms with E-state index >= 15 is 0 Å². The van der Waals surface area contributed by atoms with Crippen LogP contribution < -0.4 is 10.6 Å². The van der Waals surface area contributed by atoms with Gasteiger partial charge in [-0.25, -0.2) is 0 Å². The minimum absolute atomic E-state index is 0.530. The first-order chi connectivity index (χ1) is 11.7. The Morgan fingerprint density at radius 2 is 2.08 bits per heavy atom. The molecule has 1 aliphatic heterocycles. The lowest BCUT2D eigenvalue weighted by molar-refractivity contribution is 0.206. The van der Waals surface area contributed by atoms with Crippen molar-refractivity contribution in [1.82, 2.24) is 15.5 Å². The van der Waals surface area contributed by atoms with E-state index < -0.39 is 0 Å². The highest BCUT2D eigenvalue weighted by Crippen LogP contribution is 2.12. The second kappa shape index (κ2) is 10.6. The molecule has 24 heavy (non-hydrogen) atoms. The predicted octanol–water partition coefficient (Wildman–Crippen LogP) is 3.31. The third-order valence-electron chi connectivity index (χ3n) is 4.37. The topological polar surface area (TPSA) is 39.7 Å². The fraction of sp³-hybridized carbons (Fsp3) is 0.632. The Balaban J connectivity index is 1.80. The molecule has 0 saturated carbocycles. The van der Waals surface area contributed by atoms with Crippen LogP contribution in [0.1, 0.15) is 38.7 Å². The second-order valence-corrected chi connectivity index (χ2v) is 6.84. The lowest BCUT2D eigenvalue weighted by Gasteiger charge is -2.32. The molecule has 0 aliphatic carbocycles. The molecule has 0 spiro atoms. The zero-order valence-electron chi connectivity index (χ0n) is 15.0. The molecule has 0 bridgehead atoms. The van der Waals surface area contributed by atoms with Crippen LogP contribution in [0.2, 0.25) is 5.02 Å². The molecule has 0 amide bonds. The molecule has 1 aromatic rings. The molecule has 1 aromatic carbocycles. The van der Waals surface area contributed by atoms with E-state index in [9.17, 15) is 0 Å². The summed E-state index contributed by atoms with van der Waals surface area (Å²) in [5.41, 5.74) is 1.23. The molecular weight excluding hydrogens is 320 g/mol. The van der Waals surface area contributed by atoms with Crippen LogP contribution in [0.5, 0.6) is 0 Å². The van der Waals surface area contributed by atoms with Gasteiger partial charge in [0.2, 0.25) is 0 Å². The molecule has 134 valence electrons. The number of halogens is 1. The summed E-state index contributed by atoms with van der Waals surface area (Å²) in [7, 11) is 0. The number of aliphatic imine (C=N–C) groups is 1. The Hall–Kier alpha value is -1.26. The van der Waals surface area contributed by atoms with E-state index in [0.29, 0.717) is 6.04 Å². The van der Waals surface area contributed by atoms with Gasteiger partial charge < -0.3 is 15.5 Å². The van der Waals surface area contributed by atoms with Crippen molar-refractivity contribution in [2.45, 2.75) is 45.6 Å². The number of hydrogen-bond donors (Lipinski definition) is 2. The van der Waals surface area contributed by atoms with Gasteiger partial charge in [0.05, 0.1) is 0 Å². The van der Waals surface area contributed by atoms with Crippen molar-refractivity contribution in [3.63, 3.8) is 0 Å². The van der Waals surface area contributed by atoms with Crippen LogP contribution in [0.15, 0.2) is 29.3 Å². The molecule has 0 unspecified atom stereocenters. The maximum Gasteiger partial charge on any atom is 0.191 e. The Labute approximate surface area is 151 Å². The van der Waals surface area contributed by atoms with Crippen molar-refractivity contribution < 1.29 is 0 Å². The van der Waals surface area contributed by atoms with E-state index in [1.54, 1.807) is 0 Å². The second-order valence-electron chi connectivity index (χ2n) is 6.40. The van der Waals surface area contributed by atoms with Crippen molar-refractivity contribution >= 4 is 17.6 Å². The van der Waals surface area contributed by atoms with Gasteiger partial charge in [-0.15, -0.1) is 0 Å². The zero-order chi connectivity index (χ0) is 17.2. The number of guanidine groups is 1. The van der Waals surface area contributed by atoms with Crippen LogP contribution in [0.3, 0.4) is 0 Å². The highest BCUT2D eigenvalue weighted by Gasteiger charge is 2.19. The van der Waals surface area contributed by atoms with E-state index in [4.69, 9.17) is 16.6 Å². The van der Waals surface area contributed by atoms with Gasteiger partial charge in [0.1, 0.15) is 0 Å². The summed E-state index contributed by atoms with van der Waals surface area (Å²) in [6.45, 7) is 9.61. The molecule has 0 atom stereocenters. The molecule has 1 fully saturated rings. The van der Waals surface area contributed by atoms with Gasteiger partial charge in [-0.1, -0.05) is 30.7 Å². The number of piperidine rings is 1. The average Bonchev–Trinajstić information content (AvgIpc) is 2.57. The number of benzene rings is 1. The van der Waals surface area contributed by atoms with E-state index in [2.05, 4.69) is 35.4 Å². The molecule has 0 aromatic heterocycles. The molecule has 0 radical (unpaired) electrons. The van der Waals surface area contributed by atoms with Crippen LogP contribution in [0.25, 0.3) is 0 Å². The summed E-state index contributed by atoms with van der Waals surface area (Å²) in [6, 6.07) is 8.55. The van der Waals surface area contributed by atoms with E-state index in [0.717, 1.165) is 30.5 Å². The molecule has 2 N–H and O–H groups in total. The molecule has 5 heteroatoms. The van der Waals surface area contributed by atoms with E-state index in [-0.39, 0.29) is 0 Å². The first-order valence-electron chi connectivity index (χ1n) is 9.23. The molecular formula is C19H31ClN4. The quantitative estimate of drug-likeness (QED) is 0.585. The summed E-state index contributed by atoms with van der Waals surface area (Å²) in [5, 5.41) is 7.76. The SMILES string of the molecule is CCCN1CCC(NC(=NCCc2cccc(Cl)c2)NCC)CC1. The van der Waals surface area contributed by atoms with Crippen molar-refractivity contribution in [3.05, 3.63) is 34.9 Å². The number of rotatable bonds is 7. The van der Waals surface area contributed by atoms with Crippen LogP contribution in [-0.4, -0.2) is 49.6 Å². The molecule has 1 saturated heterocycles. The Kier molecular flexibility index (Phi) is 8.40. The standard InChI is InChI=1S/C19H31ClN4/c1-3-12-24-13-9-18(10-14-24)23-19(21-4-2)22-11-8-16-6-5-7-17(20)15-16/h5-7,15,18H,3-4,8-14H2,1-2H3,(H2,21,22,23). The Morgan fingerprint density at radius 3 is 2.75 bits per heavy atom. The number of nitrogens with one attached hydrogen (secondary N) is 2. The molecule has 1 aliphatic rings. The lowest BCUT2D eigenvalue weighted by atomic mass is 10.1. The van der Waals surface area contributed by atoms with Crippen LogP contribution in [0, 0.1) is 0 Å². The lowest BCUT2D eigenvalue weighted by Crippen LogP contribution is -2.48. The van der Waals surface area contributed by atoms with Gasteiger partial charge in [0.15, 0.2) is 5.96 Å². The van der Waals surface area contributed by atoms with E-state index in [1.165, 1.54) is 44.5 Å². The third-order valence-corrected chi connectivity index (χ3v) is 4.61. The maximum absolute atomic E-state index is 6.03. The number of nitrogens with zero attached hydrogens (tertiary/aromatic N) is 2. The smallest absolute Gasteiger partial charge is 0.191 e. The fourth-order valence-corrected chi connectivity index (χ4v) is 3.33. The molecule has 2 rings (SSSR count). The van der Waals surface area contributed by atoms with Gasteiger partial charge in [0.25, 0.3) is 0 Å². The normalized spacial score (nSPS) is 17.0. The van der Waals surface area contributed by atoms with Crippen LogP contribution in [-0.2, 0) is 6.42 Å². The fourth-order valence-electron chi connectivity index (χ4n) is 3.12. The van der Waals surface area contributed by atoms with Gasteiger partial charge in [0, 0.05) is 37.2 Å². The summed E-state index contributed by atoms with van der Waals surface area (Å²) in [6.07, 6.45) is 4.54. The monoisotopic (exact) mass is 350 g/mol. The van der Waals surface area contributed by atoms with Gasteiger partial charge >= 0.3 is 0 Å². The first kappa shape index (κ1) is 19.1. The summed E-state index contributed by atoms with van der Waals surface area (Å²) < 4.78 is 0. The largest absolute Gasteiger partial charge is 0.357 e. The first-order valence-corrected chi connectivity index (χ1v) is 9.60. The number of hydrogen-bond acceptors (Lipinski definition) is 2. The summed E-state index contributed by atoms with van der Waals surface area (Å²) >= 11 is 6.03. The zero-order valence-corrected chi connectivity index (χ0v) is 15.8. The van der Waals surface area contributed by atoms with Crippen LogP contribution in [0.4, 0.5) is 0 Å². The van der Waals surface area contributed by atoms with Crippen LogP contribution >= 0.6 is 11.6 Å². The predicted molar refractivity (Wildman–Crippen MR) is 104 cm³/mol. The Morgan fingerprint density at radius 1 is 1.29 bits per heavy atom.